The van der Waals surface area contributed by atoms with Crippen LogP contribution in [0, 0.1) is 0 Å². The first-order valence-corrected chi connectivity index (χ1v) is 7.48. The quantitative estimate of drug-likeness (QED) is 0.557. The lowest BCUT2D eigenvalue weighted by molar-refractivity contribution is 0.0694. The number of carbonyl (C=O) groups is 2. The number of hydrogen-bond donors (Lipinski definition) is 2. The van der Waals surface area contributed by atoms with Crippen LogP contribution in [0.5, 0.6) is 11.5 Å². The molecule has 0 bridgehead atoms. The van der Waals surface area contributed by atoms with Gasteiger partial charge in [-0.05, 0) is 59.7 Å². The highest BCUT2D eigenvalue weighted by Gasteiger charge is 2.09. The van der Waals surface area contributed by atoms with Crippen LogP contribution in [0.25, 0.3) is 11.1 Å². The van der Waals surface area contributed by atoms with Crippen LogP contribution in [0.4, 0.5) is 0 Å². The zero-order chi connectivity index (χ0) is 17.8. The minimum absolute atomic E-state index is 0.0954. The topological polar surface area (TPSA) is 83.8 Å². The molecular weight excluding hydrogens is 320 g/mol. The van der Waals surface area contributed by atoms with Crippen molar-refractivity contribution >= 4 is 11.9 Å². The summed E-state index contributed by atoms with van der Waals surface area (Å²) in [4.78, 5) is 23.0. The first-order valence-electron chi connectivity index (χ1n) is 7.48. The molecule has 3 rings (SSSR count). The number of hydrogen-bond acceptors (Lipinski definition) is 4. The van der Waals surface area contributed by atoms with Gasteiger partial charge in [0.15, 0.2) is 0 Å². The van der Waals surface area contributed by atoms with E-state index in [4.69, 9.17) is 9.84 Å². The van der Waals surface area contributed by atoms with E-state index in [0.29, 0.717) is 11.3 Å². The summed E-state index contributed by atoms with van der Waals surface area (Å²) in [5, 5.41) is 18.1. The van der Waals surface area contributed by atoms with Gasteiger partial charge in [-0.25, -0.2) is 9.59 Å². The number of esters is 1. The Kier molecular flexibility index (Phi) is 4.48. The number of ether oxygens (including phenoxy) is 1. The third kappa shape index (κ3) is 3.84. The number of phenolic OH excluding ortho intramolecular Hbond substituents is 1. The van der Waals surface area contributed by atoms with Crippen LogP contribution in [-0.4, -0.2) is 22.2 Å². The van der Waals surface area contributed by atoms with Crippen LogP contribution in [0.2, 0.25) is 0 Å². The maximum Gasteiger partial charge on any atom is 0.343 e. The Balaban J connectivity index is 1.74. The van der Waals surface area contributed by atoms with Crippen LogP contribution in [0.1, 0.15) is 20.7 Å². The number of aromatic hydroxyl groups is 1. The first-order chi connectivity index (χ1) is 12.0. The van der Waals surface area contributed by atoms with E-state index >= 15 is 0 Å². The van der Waals surface area contributed by atoms with Crippen LogP contribution in [0.3, 0.4) is 0 Å². The van der Waals surface area contributed by atoms with Gasteiger partial charge in [0.25, 0.3) is 0 Å². The molecule has 124 valence electrons. The molecule has 0 amide bonds. The fourth-order valence-corrected chi connectivity index (χ4v) is 2.28. The number of phenols is 1. The molecule has 3 aromatic carbocycles. The lowest BCUT2D eigenvalue weighted by Gasteiger charge is -2.06. The molecule has 0 aliphatic rings. The van der Waals surface area contributed by atoms with E-state index in [9.17, 15) is 14.7 Å². The molecule has 3 aromatic rings. The van der Waals surface area contributed by atoms with E-state index < -0.39 is 11.9 Å². The number of benzene rings is 3. The molecule has 0 atom stereocenters. The van der Waals surface area contributed by atoms with E-state index in [0.717, 1.165) is 11.1 Å². The monoisotopic (exact) mass is 334 g/mol. The second-order valence-corrected chi connectivity index (χ2v) is 5.34. The average molecular weight is 334 g/mol. The number of carbonyl (C=O) groups excluding carboxylic acids is 1. The lowest BCUT2D eigenvalue weighted by Crippen LogP contribution is -2.08. The Morgan fingerprint density at radius 3 is 1.64 bits per heavy atom. The van der Waals surface area contributed by atoms with Gasteiger partial charge < -0.3 is 14.9 Å². The minimum Gasteiger partial charge on any atom is -0.508 e. The first kappa shape index (κ1) is 16.3. The van der Waals surface area contributed by atoms with E-state index in [-0.39, 0.29) is 11.3 Å². The summed E-state index contributed by atoms with van der Waals surface area (Å²) in [5.74, 6) is -1.04. The van der Waals surface area contributed by atoms with Crippen molar-refractivity contribution in [1.29, 1.82) is 0 Å². The van der Waals surface area contributed by atoms with Crippen molar-refractivity contribution < 1.29 is 24.5 Å². The van der Waals surface area contributed by atoms with Crippen molar-refractivity contribution in [3.05, 3.63) is 83.9 Å². The molecule has 0 saturated heterocycles. The predicted octanol–water partition coefficient (Wildman–Crippen LogP) is 3.98. The smallest absolute Gasteiger partial charge is 0.343 e. The number of rotatable bonds is 4. The van der Waals surface area contributed by atoms with Gasteiger partial charge in [-0.1, -0.05) is 24.3 Å². The van der Waals surface area contributed by atoms with Gasteiger partial charge in [-0.2, -0.15) is 0 Å². The van der Waals surface area contributed by atoms with Gasteiger partial charge in [-0.15, -0.1) is 0 Å². The zero-order valence-electron chi connectivity index (χ0n) is 13.0. The Labute approximate surface area is 143 Å². The largest absolute Gasteiger partial charge is 0.508 e. The zero-order valence-corrected chi connectivity index (χ0v) is 13.0. The molecule has 0 aliphatic carbocycles. The van der Waals surface area contributed by atoms with Crippen LogP contribution < -0.4 is 4.74 Å². The van der Waals surface area contributed by atoms with Gasteiger partial charge in [0.2, 0.25) is 0 Å². The highest BCUT2D eigenvalue weighted by Crippen LogP contribution is 2.22. The number of aromatic carboxylic acids is 1. The molecule has 0 unspecified atom stereocenters. The van der Waals surface area contributed by atoms with Gasteiger partial charge in [-0.3, -0.25) is 0 Å². The fourth-order valence-electron chi connectivity index (χ4n) is 2.28. The third-order valence-electron chi connectivity index (χ3n) is 3.63. The fraction of sp³-hybridized carbons (Fsp3) is 0. The van der Waals surface area contributed by atoms with Gasteiger partial charge in [0, 0.05) is 0 Å². The highest BCUT2D eigenvalue weighted by atomic mass is 16.5. The summed E-state index contributed by atoms with van der Waals surface area (Å²) >= 11 is 0. The second kappa shape index (κ2) is 6.88. The normalized spacial score (nSPS) is 10.2. The SMILES string of the molecule is O=C(O)c1ccc(-c2ccc(C(=O)Oc3ccc(O)cc3)cc2)cc1. The van der Waals surface area contributed by atoms with Crippen molar-refractivity contribution in [2.24, 2.45) is 0 Å². The molecular formula is C20H14O5. The summed E-state index contributed by atoms with van der Waals surface area (Å²) in [6.07, 6.45) is 0. The van der Waals surface area contributed by atoms with Crippen molar-refractivity contribution in [2.75, 3.05) is 0 Å². The number of carboxylic acids is 1. The summed E-state index contributed by atoms with van der Waals surface area (Å²) in [6, 6.07) is 19.2. The van der Waals surface area contributed by atoms with Gasteiger partial charge >= 0.3 is 11.9 Å². The van der Waals surface area contributed by atoms with E-state index in [2.05, 4.69) is 0 Å². The second-order valence-electron chi connectivity index (χ2n) is 5.34. The van der Waals surface area contributed by atoms with E-state index in [1.807, 2.05) is 0 Å². The van der Waals surface area contributed by atoms with Gasteiger partial charge in [0.1, 0.15) is 11.5 Å². The van der Waals surface area contributed by atoms with Crippen LogP contribution in [0.15, 0.2) is 72.8 Å². The molecule has 0 saturated carbocycles. The summed E-state index contributed by atoms with van der Waals surface area (Å²) in [6.45, 7) is 0. The van der Waals surface area contributed by atoms with Crippen LogP contribution >= 0.6 is 0 Å². The molecule has 25 heavy (non-hydrogen) atoms. The standard InChI is InChI=1S/C20H14O5/c21-17-9-11-18(12-10-17)25-20(24)16-7-3-14(4-8-16)13-1-5-15(6-2-13)19(22)23/h1-12,21H,(H,22,23). The Hall–Kier alpha value is -3.60. The predicted molar refractivity (Wildman–Crippen MR) is 91.9 cm³/mol. The summed E-state index contributed by atoms with van der Waals surface area (Å²) in [7, 11) is 0. The maximum absolute atomic E-state index is 12.1. The van der Waals surface area contributed by atoms with E-state index in [1.54, 1.807) is 36.4 Å². The maximum atomic E-state index is 12.1. The average Bonchev–Trinajstić information content (AvgIpc) is 2.64. The van der Waals surface area contributed by atoms with Crippen LogP contribution in [-0.2, 0) is 0 Å². The Bertz CT molecular complexity index is 894. The molecule has 0 spiro atoms. The highest BCUT2D eigenvalue weighted by molar-refractivity contribution is 5.92. The molecule has 0 radical (unpaired) electrons. The number of carboxylic acid groups (broad SMARTS) is 1. The lowest BCUT2D eigenvalue weighted by atomic mass is 10.0. The van der Waals surface area contributed by atoms with Gasteiger partial charge in [0.05, 0.1) is 11.1 Å². The molecule has 5 heteroatoms. The molecule has 0 heterocycles. The Morgan fingerprint density at radius 1 is 0.680 bits per heavy atom. The minimum atomic E-state index is -0.973. The molecule has 0 aliphatic heterocycles. The van der Waals surface area contributed by atoms with Crippen molar-refractivity contribution in [3.63, 3.8) is 0 Å². The molecule has 0 fully saturated rings. The third-order valence-corrected chi connectivity index (χ3v) is 3.63. The molecule has 2 N–H and O–H groups in total. The van der Waals surface area contributed by atoms with E-state index in [1.165, 1.54) is 36.4 Å². The summed E-state index contributed by atoms with van der Waals surface area (Å²) < 4.78 is 5.23. The van der Waals surface area contributed by atoms with Crippen molar-refractivity contribution in [3.8, 4) is 22.6 Å². The molecule has 5 nitrogen and oxygen atoms in total. The van der Waals surface area contributed by atoms with Crippen molar-refractivity contribution in [2.45, 2.75) is 0 Å². The van der Waals surface area contributed by atoms with Crippen molar-refractivity contribution in [1.82, 2.24) is 0 Å². The molecule has 0 aromatic heterocycles. The summed E-state index contributed by atoms with van der Waals surface area (Å²) in [5.41, 5.74) is 2.32. The Morgan fingerprint density at radius 2 is 1.16 bits per heavy atom.